The van der Waals surface area contributed by atoms with Gasteiger partial charge in [-0.25, -0.2) is 15.0 Å². The van der Waals surface area contributed by atoms with Crippen LogP contribution in [0.1, 0.15) is 12.7 Å². The number of hydrogen-bond acceptors (Lipinski definition) is 6. The van der Waals surface area contributed by atoms with Crippen molar-refractivity contribution in [1.29, 1.82) is 0 Å². The highest BCUT2D eigenvalue weighted by Gasteiger charge is 2.17. The van der Waals surface area contributed by atoms with Crippen LogP contribution >= 0.6 is 0 Å². The second-order valence-electron chi connectivity index (χ2n) is 5.70. The molecule has 0 aliphatic carbocycles. The number of carbonyl (C=O) groups excluding carboxylic acids is 1. The highest BCUT2D eigenvalue weighted by atomic mass is 16.1. The number of nitrogens with one attached hydrogen (secondary N) is 3. The molecule has 0 aliphatic heterocycles. The summed E-state index contributed by atoms with van der Waals surface area (Å²) in [5.41, 5.74) is 2.16. The molecule has 0 unspecified atom stereocenters. The van der Waals surface area contributed by atoms with Gasteiger partial charge in [0.15, 0.2) is 5.82 Å². The predicted molar refractivity (Wildman–Crippen MR) is 97.1 cm³/mol. The molecular weight excluding hydrogens is 332 g/mol. The molecule has 26 heavy (non-hydrogen) atoms. The lowest BCUT2D eigenvalue weighted by Crippen LogP contribution is -2.09. The van der Waals surface area contributed by atoms with E-state index in [0.29, 0.717) is 29.0 Å². The molecule has 9 nitrogen and oxygen atoms in total. The number of aryl methyl sites for hydroxylation is 1. The van der Waals surface area contributed by atoms with Crippen molar-refractivity contribution in [2.24, 2.45) is 0 Å². The van der Waals surface area contributed by atoms with Gasteiger partial charge < -0.3 is 10.6 Å². The molecule has 0 radical (unpaired) electrons. The number of anilines is 3. The average molecular weight is 348 g/mol. The quantitative estimate of drug-likeness (QED) is 0.522. The summed E-state index contributed by atoms with van der Waals surface area (Å²) in [5, 5.41) is 12.7. The highest BCUT2D eigenvalue weighted by molar-refractivity contribution is 5.88. The topological polar surface area (TPSA) is 113 Å². The van der Waals surface area contributed by atoms with Gasteiger partial charge in [-0.05, 0) is 19.1 Å². The highest BCUT2D eigenvalue weighted by Crippen LogP contribution is 2.30. The molecule has 0 spiro atoms. The number of hydrogen-bond donors (Lipinski definition) is 3. The van der Waals surface area contributed by atoms with Gasteiger partial charge in [-0.1, -0.05) is 6.07 Å². The van der Waals surface area contributed by atoms with Gasteiger partial charge in [0.2, 0.25) is 5.91 Å². The molecule has 0 saturated heterocycles. The molecule has 0 bridgehead atoms. The Morgan fingerprint density at radius 3 is 2.85 bits per heavy atom. The minimum atomic E-state index is -0.192. The van der Waals surface area contributed by atoms with Crippen LogP contribution in [-0.4, -0.2) is 35.5 Å². The maximum absolute atomic E-state index is 11.4. The molecule has 0 atom stereocenters. The molecule has 4 rings (SSSR count). The number of aromatic nitrogens is 6. The summed E-state index contributed by atoms with van der Waals surface area (Å²) >= 11 is 0. The summed E-state index contributed by atoms with van der Waals surface area (Å²) in [6, 6.07) is 9.27. The van der Waals surface area contributed by atoms with E-state index in [1.807, 2.05) is 34.9 Å². The van der Waals surface area contributed by atoms with Gasteiger partial charge >= 0.3 is 0 Å². The lowest BCUT2D eigenvalue weighted by atomic mass is 10.2. The van der Waals surface area contributed by atoms with E-state index < -0.39 is 0 Å². The standard InChI is InChI=1S/C17H16N8O/c1-10-19-12(9-14(20-10)21-11(2)26)16-17(22-13-6-7-18-24-13)23-15-5-3-4-8-25(15)16/h3-9H,1-2H3,(H2,18,22,24)(H,19,20,21,26). The number of nitrogens with zero attached hydrogens (tertiary/aromatic N) is 5. The molecular formula is C17H16N8O. The predicted octanol–water partition coefficient (Wildman–Crippen LogP) is 2.52. The normalized spacial score (nSPS) is 10.8. The Balaban J connectivity index is 1.89. The number of carbonyl (C=O) groups is 1. The smallest absolute Gasteiger partial charge is 0.222 e. The van der Waals surface area contributed by atoms with Crippen LogP contribution in [0.15, 0.2) is 42.7 Å². The molecule has 9 heteroatoms. The summed E-state index contributed by atoms with van der Waals surface area (Å²) in [5.74, 6) is 2.13. The fraction of sp³-hybridized carbons (Fsp3) is 0.118. The van der Waals surface area contributed by atoms with E-state index in [0.717, 1.165) is 11.3 Å². The van der Waals surface area contributed by atoms with Gasteiger partial charge in [0.1, 0.15) is 28.8 Å². The third kappa shape index (κ3) is 2.97. The van der Waals surface area contributed by atoms with Crippen LogP contribution in [0.2, 0.25) is 0 Å². The van der Waals surface area contributed by atoms with Crippen molar-refractivity contribution >= 4 is 29.0 Å². The maximum Gasteiger partial charge on any atom is 0.222 e. The zero-order valence-electron chi connectivity index (χ0n) is 14.2. The zero-order valence-corrected chi connectivity index (χ0v) is 14.2. The maximum atomic E-state index is 11.4. The summed E-state index contributed by atoms with van der Waals surface area (Å²) in [6.07, 6.45) is 3.56. The van der Waals surface area contributed by atoms with Crippen molar-refractivity contribution < 1.29 is 4.79 Å². The van der Waals surface area contributed by atoms with Gasteiger partial charge in [-0.15, -0.1) is 0 Å². The summed E-state index contributed by atoms with van der Waals surface area (Å²) in [7, 11) is 0. The van der Waals surface area contributed by atoms with E-state index >= 15 is 0 Å². The molecule has 1 amide bonds. The Hall–Kier alpha value is -3.75. The summed E-state index contributed by atoms with van der Waals surface area (Å²) in [6.45, 7) is 3.22. The number of aromatic amines is 1. The second kappa shape index (κ2) is 6.28. The van der Waals surface area contributed by atoms with Crippen LogP contribution in [-0.2, 0) is 4.79 Å². The minimum Gasteiger partial charge on any atom is -0.323 e. The van der Waals surface area contributed by atoms with Crippen LogP contribution in [0.25, 0.3) is 17.0 Å². The molecule has 0 saturated carbocycles. The number of fused-ring (bicyclic) bond motifs is 1. The first kappa shape index (κ1) is 15.8. The van der Waals surface area contributed by atoms with E-state index in [2.05, 4.69) is 35.8 Å². The fourth-order valence-electron chi connectivity index (χ4n) is 2.71. The molecule has 4 aromatic rings. The first-order valence-corrected chi connectivity index (χ1v) is 7.97. The second-order valence-corrected chi connectivity index (χ2v) is 5.70. The van der Waals surface area contributed by atoms with E-state index in [9.17, 15) is 4.79 Å². The number of amides is 1. The fourth-order valence-corrected chi connectivity index (χ4v) is 2.71. The zero-order chi connectivity index (χ0) is 18.1. The van der Waals surface area contributed by atoms with Gasteiger partial charge in [0.25, 0.3) is 0 Å². The first-order chi connectivity index (χ1) is 12.6. The molecule has 130 valence electrons. The summed E-state index contributed by atoms with van der Waals surface area (Å²) < 4.78 is 1.93. The van der Waals surface area contributed by atoms with Crippen molar-refractivity contribution in [3.63, 3.8) is 0 Å². The van der Waals surface area contributed by atoms with Crippen molar-refractivity contribution in [1.82, 2.24) is 29.5 Å². The Kier molecular flexibility index (Phi) is 3.81. The van der Waals surface area contributed by atoms with Gasteiger partial charge in [0.05, 0.1) is 11.9 Å². The number of rotatable bonds is 4. The number of imidazole rings is 1. The van der Waals surface area contributed by atoms with Crippen molar-refractivity contribution in [3.05, 3.63) is 48.5 Å². The van der Waals surface area contributed by atoms with Crippen molar-refractivity contribution in [2.45, 2.75) is 13.8 Å². The first-order valence-electron chi connectivity index (χ1n) is 7.97. The lowest BCUT2D eigenvalue weighted by molar-refractivity contribution is -0.114. The van der Waals surface area contributed by atoms with E-state index in [1.165, 1.54) is 6.92 Å². The third-order valence-corrected chi connectivity index (χ3v) is 3.67. The number of pyridine rings is 1. The minimum absolute atomic E-state index is 0.192. The van der Waals surface area contributed by atoms with Crippen LogP contribution in [0.4, 0.5) is 17.5 Å². The van der Waals surface area contributed by atoms with E-state index in [1.54, 1.807) is 19.2 Å². The van der Waals surface area contributed by atoms with E-state index in [4.69, 9.17) is 0 Å². The molecule has 0 aromatic carbocycles. The van der Waals surface area contributed by atoms with Crippen LogP contribution in [0, 0.1) is 6.92 Å². The summed E-state index contributed by atoms with van der Waals surface area (Å²) in [4.78, 5) is 24.8. The molecule has 0 aliphatic rings. The van der Waals surface area contributed by atoms with Gasteiger partial charge in [-0.2, -0.15) is 5.10 Å². The Morgan fingerprint density at radius 2 is 2.08 bits per heavy atom. The molecule has 4 heterocycles. The molecule has 4 aromatic heterocycles. The van der Waals surface area contributed by atoms with Gasteiger partial charge in [0, 0.05) is 25.3 Å². The monoisotopic (exact) mass is 348 g/mol. The Labute approximate surface area is 148 Å². The average Bonchev–Trinajstić information content (AvgIpc) is 3.21. The van der Waals surface area contributed by atoms with Crippen LogP contribution in [0.5, 0.6) is 0 Å². The SMILES string of the molecule is CC(=O)Nc1cc(-c2c(Nc3ccn[nH]3)nc3ccccn23)nc(C)n1. The van der Waals surface area contributed by atoms with Crippen LogP contribution in [0.3, 0.4) is 0 Å². The third-order valence-electron chi connectivity index (χ3n) is 3.67. The van der Waals surface area contributed by atoms with Crippen molar-refractivity contribution in [3.8, 4) is 11.4 Å². The Morgan fingerprint density at radius 1 is 1.19 bits per heavy atom. The van der Waals surface area contributed by atoms with Crippen molar-refractivity contribution in [2.75, 3.05) is 10.6 Å². The van der Waals surface area contributed by atoms with E-state index in [-0.39, 0.29) is 5.91 Å². The van der Waals surface area contributed by atoms with Crippen LogP contribution < -0.4 is 10.6 Å². The molecule has 0 fully saturated rings. The molecule has 3 N–H and O–H groups in total. The largest absolute Gasteiger partial charge is 0.323 e. The number of H-pyrrole nitrogens is 1. The Bertz CT molecular complexity index is 1080. The van der Waals surface area contributed by atoms with Gasteiger partial charge in [-0.3, -0.25) is 14.3 Å². The lowest BCUT2D eigenvalue weighted by Gasteiger charge is -2.09.